The van der Waals surface area contributed by atoms with Gasteiger partial charge in [-0.15, -0.1) is 0 Å². The first-order valence-electron chi connectivity index (χ1n) is 0.730. The van der Waals surface area contributed by atoms with Crippen molar-refractivity contribution in [3.05, 3.63) is 0 Å². The first kappa shape index (κ1) is 23.5. The molecule has 0 atom stereocenters. The summed E-state index contributed by atoms with van der Waals surface area (Å²) in [5.74, 6) is 0. The van der Waals surface area contributed by atoms with Crippen molar-refractivity contribution in [1.82, 2.24) is 0 Å². The Labute approximate surface area is 55.9 Å². The summed E-state index contributed by atoms with van der Waals surface area (Å²) in [4.78, 5) is 25.6. The Hall–Kier alpha value is 0.549. The molecule has 0 fully saturated rings. The van der Waals surface area contributed by atoms with Crippen LogP contribution >= 0.6 is 7.82 Å². The van der Waals surface area contributed by atoms with Crippen LogP contribution in [0, 0.1) is 0 Å². The van der Waals surface area contributed by atoms with Gasteiger partial charge in [-0.3, -0.25) is 0 Å². The maximum atomic E-state index is 8.55. The number of phosphoric acid groups is 1. The summed E-state index contributed by atoms with van der Waals surface area (Å²) >= 11 is 0. The van der Waals surface area contributed by atoms with Gasteiger partial charge in [0.25, 0.3) is 0 Å². The molecule has 8 heteroatoms. The van der Waals surface area contributed by atoms with E-state index >= 15 is 0 Å². The standard InChI is InChI=1S/Fe.H3O4P.2H2O/c;1-5(2,3)4;;/h;(H3,1,2,3,4);2*1H2/q+3;;;/p-3. The minimum Gasteiger partial charge on any atom is -0.822 e. The molecule has 0 aliphatic rings. The predicted octanol–water partition coefficient (Wildman–Crippen LogP) is -4.48. The summed E-state index contributed by atoms with van der Waals surface area (Å²) in [5, 5.41) is 0. The third-order valence-electron chi connectivity index (χ3n) is 0. The van der Waals surface area contributed by atoms with Gasteiger partial charge in [0.1, 0.15) is 0 Å². The van der Waals surface area contributed by atoms with Gasteiger partial charge in [0.2, 0.25) is 0 Å². The van der Waals surface area contributed by atoms with E-state index < -0.39 is 7.82 Å². The fourth-order valence-corrected chi connectivity index (χ4v) is 0. The Morgan fingerprint density at radius 1 is 1.00 bits per heavy atom. The molecule has 0 bridgehead atoms. The largest absolute Gasteiger partial charge is 3.00 e. The maximum Gasteiger partial charge on any atom is 3.00 e. The molecule has 1 radical (unpaired) electrons. The van der Waals surface area contributed by atoms with Crippen LogP contribution in [0.5, 0.6) is 0 Å². The van der Waals surface area contributed by atoms with Gasteiger partial charge >= 0.3 is 17.1 Å². The van der Waals surface area contributed by atoms with E-state index in [-0.39, 0.29) is 28.0 Å². The Bertz CT molecular complexity index is 54.7. The van der Waals surface area contributed by atoms with E-state index in [0.717, 1.165) is 0 Å². The van der Waals surface area contributed by atoms with E-state index in [1.165, 1.54) is 0 Å². The molecule has 0 saturated heterocycles. The van der Waals surface area contributed by atoms with E-state index in [0.29, 0.717) is 0 Å². The minimum atomic E-state index is -5.39. The fraction of sp³-hybridized carbons (Fsp3) is 0. The summed E-state index contributed by atoms with van der Waals surface area (Å²) < 4.78 is 8.55. The van der Waals surface area contributed by atoms with Crippen molar-refractivity contribution in [3.8, 4) is 0 Å². The van der Waals surface area contributed by atoms with Gasteiger partial charge in [-0.1, -0.05) is 0 Å². The molecule has 53 valence electrons. The van der Waals surface area contributed by atoms with Crippen molar-refractivity contribution >= 4 is 7.82 Å². The van der Waals surface area contributed by atoms with E-state index in [1.807, 2.05) is 0 Å². The molecule has 0 unspecified atom stereocenters. The topological polar surface area (TPSA) is 149 Å². The summed E-state index contributed by atoms with van der Waals surface area (Å²) in [5.41, 5.74) is 0. The van der Waals surface area contributed by atoms with Gasteiger partial charge < -0.3 is 30.2 Å². The summed E-state index contributed by atoms with van der Waals surface area (Å²) in [6.45, 7) is 0. The van der Waals surface area contributed by atoms with Crippen LogP contribution in [-0.4, -0.2) is 11.0 Å². The van der Waals surface area contributed by atoms with Crippen molar-refractivity contribution < 1.29 is 47.3 Å². The molecular weight excluding hydrogens is 183 g/mol. The molecule has 0 amide bonds. The van der Waals surface area contributed by atoms with Crippen LogP contribution in [0.2, 0.25) is 0 Å². The van der Waals surface area contributed by atoms with Crippen molar-refractivity contribution in [1.29, 1.82) is 0 Å². The molecule has 4 N–H and O–H groups in total. The monoisotopic (exact) mass is 187 g/mol. The smallest absolute Gasteiger partial charge is 0.822 e. The Morgan fingerprint density at radius 3 is 1.00 bits per heavy atom. The molecule has 0 aliphatic heterocycles. The normalized spacial score (nSPS) is 7.38. The van der Waals surface area contributed by atoms with Crippen LogP contribution in [0.15, 0.2) is 0 Å². The molecule has 8 heavy (non-hydrogen) atoms. The molecule has 0 aromatic heterocycles. The van der Waals surface area contributed by atoms with E-state index in [1.54, 1.807) is 0 Å². The van der Waals surface area contributed by atoms with Gasteiger partial charge in [0, 0.05) is 0 Å². The second-order valence-electron chi connectivity index (χ2n) is 0.447. The third-order valence-corrected chi connectivity index (χ3v) is 0. The molecular formula is H4FeO6P. The second-order valence-corrected chi connectivity index (χ2v) is 1.34. The summed E-state index contributed by atoms with van der Waals surface area (Å²) in [6, 6.07) is 0. The predicted molar refractivity (Wildman–Crippen MR) is 14.8 cm³/mol. The Kier molecular flexibility index (Phi) is 22.2. The Balaban J connectivity index is -0.0000000267. The first-order valence-corrected chi connectivity index (χ1v) is 2.19. The van der Waals surface area contributed by atoms with Crippen molar-refractivity contribution in [3.63, 3.8) is 0 Å². The summed E-state index contributed by atoms with van der Waals surface area (Å²) in [7, 11) is -5.39. The maximum absolute atomic E-state index is 8.55. The van der Waals surface area contributed by atoms with Crippen molar-refractivity contribution in [2.45, 2.75) is 0 Å². The van der Waals surface area contributed by atoms with Crippen LogP contribution in [-0.2, 0) is 21.6 Å². The van der Waals surface area contributed by atoms with Gasteiger partial charge in [-0.2, -0.15) is 7.82 Å². The van der Waals surface area contributed by atoms with Gasteiger partial charge in [0.15, 0.2) is 0 Å². The average Bonchev–Trinajstić information content (AvgIpc) is 0.722. The Morgan fingerprint density at radius 2 is 1.00 bits per heavy atom. The van der Waals surface area contributed by atoms with Crippen LogP contribution in [0.25, 0.3) is 0 Å². The molecule has 0 spiro atoms. The molecule has 0 rings (SSSR count). The summed E-state index contributed by atoms with van der Waals surface area (Å²) in [6.07, 6.45) is 0. The first-order chi connectivity index (χ1) is 2.00. The van der Waals surface area contributed by atoms with Crippen LogP contribution in [0.3, 0.4) is 0 Å². The zero-order chi connectivity index (χ0) is 4.50. The molecule has 0 aliphatic carbocycles. The van der Waals surface area contributed by atoms with Gasteiger partial charge in [0.05, 0.1) is 0 Å². The minimum absolute atomic E-state index is 0. The number of rotatable bonds is 0. The quantitative estimate of drug-likeness (QED) is 0.277. The molecule has 0 aromatic carbocycles. The van der Waals surface area contributed by atoms with Crippen LogP contribution < -0.4 is 14.7 Å². The van der Waals surface area contributed by atoms with E-state index in [2.05, 4.69) is 0 Å². The second kappa shape index (κ2) is 7.55. The number of hydrogen-bond donors (Lipinski definition) is 0. The molecule has 0 aromatic rings. The average molecular weight is 187 g/mol. The number of hydrogen-bond acceptors (Lipinski definition) is 4. The SMILES string of the molecule is O.O.O=P([O-])([O-])[O-].[Fe+3]. The zero-order valence-corrected chi connectivity index (χ0v) is 5.43. The van der Waals surface area contributed by atoms with Crippen molar-refractivity contribution in [2.24, 2.45) is 0 Å². The molecule has 0 saturated carbocycles. The van der Waals surface area contributed by atoms with Crippen LogP contribution in [0.4, 0.5) is 0 Å². The van der Waals surface area contributed by atoms with Crippen LogP contribution in [0.1, 0.15) is 0 Å². The molecule has 6 nitrogen and oxygen atoms in total. The van der Waals surface area contributed by atoms with Gasteiger partial charge in [-0.25, -0.2) is 0 Å². The third kappa shape index (κ3) is 668. The zero-order valence-electron chi connectivity index (χ0n) is 3.43. The van der Waals surface area contributed by atoms with E-state index in [4.69, 9.17) is 19.2 Å². The fourth-order valence-electron chi connectivity index (χ4n) is 0. The van der Waals surface area contributed by atoms with Crippen molar-refractivity contribution in [2.75, 3.05) is 0 Å². The van der Waals surface area contributed by atoms with Gasteiger partial charge in [-0.05, 0) is 0 Å². The molecule has 0 heterocycles. The van der Waals surface area contributed by atoms with E-state index in [9.17, 15) is 0 Å².